The normalized spacial score (nSPS) is 19.9. The summed E-state index contributed by atoms with van der Waals surface area (Å²) in [7, 11) is 0. The van der Waals surface area contributed by atoms with E-state index in [1.807, 2.05) is 0 Å². The number of likely N-dealkylation sites (tertiary alicyclic amines) is 1. The zero-order valence-electron chi connectivity index (χ0n) is 12.9. The first-order valence-electron chi connectivity index (χ1n) is 8.23. The molecule has 2 N–H and O–H groups in total. The lowest BCUT2D eigenvalue weighted by atomic mass is 10.1. The van der Waals surface area contributed by atoms with E-state index in [0.29, 0.717) is 19.0 Å². The van der Waals surface area contributed by atoms with Crippen molar-refractivity contribution in [3.8, 4) is 0 Å². The van der Waals surface area contributed by atoms with Crippen molar-refractivity contribution in [2.24, 2.45) is 0 Å². The Bertz CT molecular complexity index is 493. The first kappa shape index (κ1) is 15.3. The molecule has 1 aliphatic carbocycles. The SMILES string of the molecule is O=C(NCCc1ccc(F)cc1)NC1CCN(C2CC2)CC1. The molecule has 1 aromatic carbocycles. The van der Waals surface area contributed by atoms with Gasteiger partial charge >= 0.3 is 6.03 Å². The second-order valence-corrected chi connectivity index (χ2v) is 6.32. The standard InChI is InChI=1S/C17H24FN3O/c18-14-3-1-13(2-4-14)7-10-19-17(22)20-15-8-11-21(12-9-15)16-5-6-16/h1-4,15-16H,5-12H2,(H2,19,20,22). The van der Waals surface area contributed by atoms with Gasteiger partial charge in [-0.25, -0.2) is 9.18 Å². The smallest absolute Gasteiger partial charge is 0.315 e. The number of nitrogens with zero attached hydrogens (tertiary/aromatic N) is 1. The number of hydrogen-bond acceptors (Lipinski definition) is 2. The first-order chi connectivity index (χ1) is 10.7. The lowest BCUT2D eigenvalue weighted by Gasteiger charge is -2.32. The number of hydrogen-bond donors (Lipinski definition) is 2. The molecule has 1 saturated carbocycles. The number of urea groups is 1. The quantitative estimate of drug-likeness (QED) is 0.877. The van der Waals surface area contributed by atoms with E-state index in [2.05, 4.69) is 15.5 Å². The fourth-order valence-corrected chi connectivity index (χ4v) is 3.06. The molecule has 2 fully saturated rings. The van der Waals surface area contributed by atoms with E-state index < -0.39 is 0 Å². The predicted molar refractivity (Wildman–Crippen MR) is 84.3 cm³/mol. The van der Waals surface area contributed by atoms with Crippen LogP contribution in [0.1, 0.15) is 31.2 Å². The van der Waals surface area contributed by atoms with Crippen LogP contribution in [0.25, 0.3) is 0 Å². The molecule has 0 aromatic heterocycles. The molecule has 2 aliphatic rings. The van der Waals surface area contributed by atoms with Gasteiger partial charge in [-0.1, -0.05) is 12.1 Å². The van der Waals surface area contributed by atoms with Gasteiger partial charge in [0.05, 0.1) is 0 Å². The van der Waals surface area contributed by atoms with E-state index in [9.17, 15) is 9.18 Å². The van der Waals surface area contributed by atoms with Crippen molar-refractivity contribution in [2.45, 2.75) is 44.2 Å². The molecule has 0 radical (unpaired) electrons. The van der Waals surface area contributed by atoms with Crippen molar-refractivity contribution in [3.63, 3.8) is 0 Å². The number of piperidine rings is 1. The van der Waals surface area contributed by atoms with Crippen LogP contribution in [-0.2, 0) is 6.42 Å². The summed E-state index contributed by atoms with van der Waals surface area (Å²) in [6.07, 6.45) is 5.50. The summed E-state index contributed by atoms with van der Waals surface area (Å²) in [6.45, 7) is 2.77. The maximum absolute atomic E-state index is 12.8. The molecule has 1 aromatic rings. The maximum atomic E-state index is 12.8. The first-order valence-corrected chi connectivity index (χ1v) is 8.23. The Morgan fingerprint density at radius 1 is 1.14 bits per heavy atom. The highest BCUT2D eigenvalue weighted by Crippen LogP contribution is 2.29. The average molecular weight is 305 g/mol. The molecule has 1 heterocycles. The molecule has 120 valence electrons. The van der Waals surface area contributed by atoms with Gasteiger partial charge in [-0.2, -0.15) is 0 Å². The molecule has 22 heavy (non-hydrogen) atoms. The molecule has 1 aliphatic heterocycles. The van der Waals surface area contributed by atoms with Crippen molar-refractivity contribution in [1.29, 1.82) is 0 Å². The molecule has 0 spiro atoms. The van der Waals surface area contributed by atoms with Crippen molar-refractivity contribution in [3.05, 3.63) is 35.6 Å². The molecule has 2 amide bonds. The van der Waals surface area contributed by atoms with E-state index in [0.717, 1.165) is 37.5 Å². The fraction of sp³-hybridized carbons (Fsp3) is 0.588. The Balaban J connectivity index is 1.31. The van der Waals surface area contributed by atoms with Gasteiger partial charge in [0.2, 0.25) is 0 Å². The van der Waals surface area contributed by atoms with Gasteiger partial charge in [-0.3, -0.25) is 0 Å². The van der Waals surface area contributed by atoms with Gasteiger partial charge < -0.3 is 15.5 Å². The Morgan fingerprint density at radius 2 is 1.82 bits per heavy atom. The minimum Gasteiger partial charge on any atom is -0.338 e. The number of carbonyl (C=O) groups excluding carboxylic acids is 1. The van der Waals surface area contributed by atoms with Crippen LogP contribution in [0.3, 0.4) is 0 Å². The minimum absolute atomic E-state index is 0.0908. The zero-order valence-corrected chi connectivity index (χ0v) is 12.9. The Morgan fingerprint density at radius 3 is 2.45 bits per heavy atom. The van der Waals surface area contributed by atoms with Crippen LogP contribution in [0.4, 0.5) is 9.18 Å². The van der Waals surface area contributed by atoms with Crippen molar-refractivity contribution < 1.29 is 9.18 Å². The number of halogens is 1. The van der Waals surface area contributed by atoms with Crippen molar-refractivity contribution >= 4 is 6.03 Å². The van der Waals surface area contributed by atoms with Gasteiger partial charge in [0.15, 0.2) is 0 Å². The summed E-state index contributed by atoms with van der Waals surface area (Å²) in [4.78, 5) is 14.4. The minimum atomic E-state index is -0.230. The van der Waals surface area contributed by atoms with E-state index >= 15 is 0 Å². The lowest BCUT2D eigenvalue weighted by molar-refractivity contribution is 0.186. The van der Waals surface area contributed by atoms with Crippen LogP contribution >= 0.6 is 0 Å². The second-order valence-electron chi connectivity index (χ2n) is 6.32. The molecule has 4 nitrogen and oxygen atoms in total. The topological polar surface area (TPSA) is 44.4 Å². The van der Waals surface area contributed by atoms with E-state index in [4.69, 9.17) is 0 Å². The van der Waals surface area contributed by atoms with Crippen LogP contribution in [0.5, 0.6) is 0 Å². The zero-order chi connectivity index (χ0) is 15.4. The van der Waals surface area contributed by atoms with E-state index in [1.165, 1.54) is 25.0 Å². The van der Waals surface area contributed by atoms with E-state index in [-0.39, 0.29) is 11.8 Å². The lowest BCUT2D eigenvalue weighted by Crippen LogP contribution is -2.48. The fourth-order valence-electron chi connectivity index (χ4n) is 3.06. The number of rotatable bonds is 5. The molecular weight excluding hydrogens is 281 g/mol. The second kappa shape index (κ2) is 7.09. The summed E-state index contributed by atoms with van der Waals surface area (Å²) in [6, 6.07) is 7.43. The van der Waals surface area contributed by atoms with E-state index in [1.54, 1.807) is 12.1 Å². The van der Waals surface area contributed by atoms with Crippen molar-refractivity contribution in [2.75, 3.05) is 19.6 Å². The summed E-state index contributed by atoms with van der Waals surface area (Å²) in [5, 5.41) is 5.94. The van der Waals surface area contributed by atoms with Crippen LogP contribution in [0.15, 0.2) is 24.3 Å². The Kier molecular flexibility index (Phi) is 4.93. The number of carbonyl (C=O) groups is 1. The monoisotopic (exact) mass is 305 g/mol. The van der Waals surface area contributed by atoms with Crippen LogP contribution < -0.4 is 10.6 Å². The van der Waals surface area contributed by atoms with Gasteiger partial charge in [0, 0.05) is 31.7 Å². The Hall–Kier alpha value is -1.62. The summed E-state index contributed by atoms with van der Waals surface area (Å²) in [5.74, 6) is -0.230. The van der Waals surface area contributed by atoms with Gasteiger partial charge in [0.1, 0.15) is 5.82 Å². The average Bonchev–Trinajstić information content (AvgIpc) is 3.35. The highest BCUT2D eigenvalue weighted by Gasteiger charge is 2.31. The molecule has 0 atom stereocenters. The number of amides is 2. The molecule has 3 rings (SSSR count). The largest absolute Gasteiger partial charge is 0.338 e. The third-order valence-electron chi connectivity index (χ3n) is 4.54. The van der Waals surface area contributed by atoms with Gasteiger partial charge in [-0.05, 0) is 49.8 Å². The van der Waals surface area contributed by atoms with Crippen LogP contribution in [-0.4, -0.2) is 42.6 Å². The summed E-state index contributed by atoms with van der Waals surface area (Å²) >= 11 is 0. The van der Waals surface area contributed by atoms with Crippen LogP contribution in [0, 0.1) is 5.82 Å². The molecule has 1 saturated heterocycles. The Labute approximate surface area is 131 Å². The highest BCUT2D eigenvalue weighted by atomic mass is 19.1. The highest BCUT2D eigenvalue weighted by molar-refractivity contribution is 5.74. The maximum Gasteiger partial charge on any atom is 0.315 e. The molecule has 0 bridgehead atoms. The van der Waals surface area contributed by atoms with Gasteiger partial charge in [0.25, 0.3) is 0 Å². The molecular formula is C17H24FN3O. The van der Waals surface area contributed by atoms with Crippen LogP contribution in [0.2, 0.25) is 0 Å². The molecule has 0 unspecified atom stereocenters. The number of benzene rings is 1. The number of nitrogens with one attached hydrogen (secondary N) is 2. The van der Waals surface area contributed by atoms with Gasteiger partial charge in [-0.15, -0.1) is 0 Å². The third kappa shape index (κ3) is 4.44. The predicted octanol–water partition coefficient (Wildman–Crippen LogP) is 2.29. The molecule has 5 heteroatoms. The van der Waals surface area contributed by atoms with Crippen molar-refractivity contribution in [1.82, 2.24) is 15.5 Å². The summed E-state index contributed by atoms with van der Waals surface area (Å²) in [5.41, 5.74) is 1.03. The third-order valence-corrected chi connectivity index (χ3v) is 4.54. The summed E-state index contributed by atoms with van der Waals surface area (Å²) < 4.78 is 12.8.